The van der Waals surface area contributed by atoms with Crippen molar-refractivity contribution in [3.05, 3.63) is 35.6 Å². The molecule has 1 rings (SSSR count). The van der Waals surface area contributed by atoms with Crippen LogP contribution < -0.4 is 4.72 Å². The molecule has 0 heterocycles. The first-order valence-corrected chi connectivity index (χ1v) is 5.34. The molecule has 0 aliphatic rings. The molecule has 0 aliphatic carbocycles. The average molecular weight is 203 g/mol. The van der Waals surface area contributed by atoms with Crippen molar-refractivity contribution >= 4 is 10.0 Å². The van der Waals surface area contributed by atoms with Crippen molar-refractivity contribution in [3.8, 4) is 0 Å². The minimum atomic E-state index is -3.26. The van der Waals surface area contributed by atoms with Gasteiger partial charge in [-0.15, -0.1) is 0 Å². The van der Waals surface area contributed by atoms with Crippen LogP contribution in [0.5, 0.6) is 0 Å². The third kappa shape index (κ3) is 3.12. The number of hydrogen-bond acceptors (Lipinski definition) is 2. The van der Waals surface area contributed by atoms with E-state index < -0.39 is 10.0 Å². The molecule has 1 N–H and O–H groups in total. The van der Waals surface area contributed by atoms with Crippen molar-refractivity contribution in [2.75, 3.05) is 7.05 Å². The molecule has 5 heteroatoms. The van der Waals surface area contributed by atoms with Crippen LogP contribution >= 0.6 is 0 Å². The van der Waals surface area contributed by atoms with Gasteiger partial charge >= 0.3 is 0 Å². The van der Waals surface area contributed by atoms with E-state index in [1.54, 1.807) is 0 Å². The summed E-state index contributed by atoms with van der Waals surface area (Å²) in [4.78, 5) is 0. The lowest BCUT2D eigenvalue weighted by molar-refractivity contribution is 0.587. The lowest BCUT2D eigenvalue weighted by Crippen LogP contribution is -2.20. The molecular formula is C8H10FNO2S. The van der Waals surface area contributed by atoms with Crippen LogP contribution in [0.3, 0.4) is 0 Å². The van der Waals surface area contributed by atoms with Gasteiger partial charge in [0.15, 0.2) is 0 Å². The molecule has 0 amide bonds. The lowest BCUT2D eigenvalue weighted by Gasteiger charge is -2.01. The second-order valence-electron chi connectivity index (χ2n) is 2.59. The van der Waals surface area contributed by atoms with Crippen molar-refractivity contribution in [3.63, 3.8) is 0 Å². The molecule has 0 radical (unpaired) electrons. The molecule has 72 valence electrons. The highest BCUT2D eigenvalue weighted by atomic mass is 32.2. The van der Waals surface area contributed by atoms with Gasteiger partial charge in [0.2, 0.25) is 10.0 Å². The summed E-state index contributed by atoms with van der Waals surface area (Å²) >= 11 is 0. The van der Waals surface area contributed by atoms with E-state index in [9.17, 15) is 12.8 Å². The van der Waals surface area contributed by atoms with E-state index in [0.717, 1.165) is 0 Å². The molecule has 0 unspecified atom stereocenters. The van der Waals surface area contributed by atoms with Crippen LogP contribution in [0.2, 0.25) is 0 Å². The lowest BCUT2D eigenvalue weighted by atomic mass is 10.2. The molecule has 1 aromatic rings. The molecule has 0 saturated carbocycles. The van der Waals surface area contributed by atoms with Gasteiger partial charge in [0.25, 0.3) is 0 Å². The molecular weight excluding hydrogens is 193 g/mol. The second kappa shape index (κ2) is 3.85. The number of nitrogens with one attached hydrogen (secondary N) is 1. The van der Waals surface area contributed by atoms with Crippen molar-refractivity contribution in [2.24, 2.45) is 0 Å². The Morgan fingerprint density at radius 1 is 1.31 bits per heavy atom. The molecule has 0 bridgehead atoms. The van der Waals surface area contributed by atoms with Crippen LogP contribution in [-0.4, -0.2) is 15.5 Å². The summed E-state index contributed by atoms with van der Waals surface area (Å²) in [6.07, 6.45) is 0. The summed E-state index contributed by atoms with van der Waals surface area (Å²) in [6.45, 7) is 0. The van der Waals surface area contributed by atoms with Crippen molar-refractivity contribution in [1.82, 2.24) is 4.72 Å². The Balaban J connectivity index is 2.82. The van der Waals surface area contributed by atoms with Crippen LogP contribution in [0.4, 0.5) is 4.39 Å². The third-order valence-corrected chi connectivity index (χ3v) is 2.92. The summed E-state index contributed by atoms with van der Waals surface area (Å²) in [6, 6.07) is 5.37. The molecule has 0 aliphatic heterocycles. The van der Waals surface area contributed by atoms with Gasteiger partial charge in [0, 0.05) is 0 Å². The van der Waals surface area contributed by atoms with Crippen molar-refractivity contribution in [2.45, 2.75) is 5.75 Å². The Kier molecular flexibility index (Phi) is 3.00. The van der Waals surface area contributed by atoms with E-state index in [-0.39, 0.29) is 11.6 Å². The summed E-state index contributed by atoms with van der Waals surface area (Å²) in [7, 11) is -1.91. The monoisotopic (exact) mass is 203 g/mol. The highest BCUT2D eigenvalue weighted by molar-refractivity contribution is 7.88. The molecule has 3 nitrogen and oxygen atoms in total. The number of benzene rings is 1. The summed E-state index contributed by atoms with van der Waals surface area (Å²) in [5.41, 5.74) is 0.566. The minimum Gasteiger partial charge on any atom is -0.218 e. The molecule has 0 atom stereocenters. The van der Waals surface area contributed by atoms with Gasteiger partial charge in [-0.1, -0.05) is 12.1 Å². The van der Waals surface area contributed by atoms with Gasteiger partial charge in [0.05, 0.1) is 5.75 Å². The fraction of sp³-hybridized carbons (Fsp3) is 0.250. The summed E-state index contributed by atoms with van der Waals surface area (Å²) in [5, 5.41) is 0. The zero-order chi connectivity index (χ0) is 9.90. The maximum absolute atomic E-state index is 12.4. The molecule has 0 spiro atoms. The largest absolute Gasteiger partial charge is 0.218 e. The maximum atomic E-state index is 12.4. The quantitative estimate of drug-likeness (QED) is 0.792. The van der Waals surface area contributed by atoms with E-state index in [4.69, 9.17) is 0 Å². The van der Waals surface area contributed by atoms with Gasteiger partial charge in [-0.05, 0) is 24.7 Å². The van der Waals surface area contributed by atoms with E-state index >= 15 is 0 Å². The van der Waals surface area contributed by atoms with Gasteiger partial charge < -0.3 is 0 Å². The van der Waals surface area contributed by atoms with Crippen LogP contribution in [0.15, 0.2) is 24.3 Å². The average Bonchev–Trinajstić information content (AvgIpc) is 2.09. The SMILES string of the molecule is CNS(=O)(=O)Cc1ccc(F)cc1. The van der Waals surface area contributed by atoms with Crippen molar-refractivity contribution in [1.29, 1.82) is 0 Å². The molecule has 0 saturated heterocycles. The number of rotatable bonds is 3. The van der Waals surface area contributed by atoms with Gasteiger partial charge in [-0.25, -0.2) is 17.5 Å². The zero-order valence-corrected chi connectivity index (χ0v) is 7.94. The van der Waals surface area contributed by atoms with Crippen LogP contribution in [0.25, 0.3) is 0 Å². The normalized spacial score (nSPS) is 11.5. The molecule has 0 fully saturated rings. The molecule has 1 aromatic carbocycles. The van der Waals surface area contributed by atoms with E-state index in [1.165, 1.54) is 31.3 Å². The highest BCUT2D eigenvalue weighted by Gasteiger charge is 2.07. The topological polar surface area (TPSA) is 46.2 Å². The van der Waals surface area contributed by atoms with Gasteiger partial charge in [-0.3, -0.25) is 0 Å². The van der Waals surface area contributed by atoms with Crippen LogP contribution in [0.1, 0.15) is 5.56 Å². The number of sulfonamides is 1. The predicted molar refractivity (Wildman–Crippen MR) is 48.1 cm³/mol. The molecule has 0 aromatic heterocycles. The maximum Gasteiger partial charge on any atom is 0.215 e. The standard InChI is InChI=1S/C8H10FNO2S/c1-10-13(11,12)6-7-2-4-8(9)5-3-7/h2-5,10H,6H2,1H3. The van der Waals surface area contributed by atoms with Gasteiger partial charge in [0.1, 0.15) is 5.82 Å². The fourth-order valence-corrected chi connectivity index (χ4v) is 1.65. The first-order valence-electron chi connectivity index (χ1n) is 3.69. The zero-order valence-electron chi connectivity index (χ0n) is 7.12. The second-order valence-corrected chi connectivity index (χ2v) is 4.52. The van der Waals surface area contributed by atoms with E-state index in [2.05, 4.69) is 4.72 Å². The summed E-state index contributed by atoms with van der Waals surface area (Å²) in [5.74, 6) is -0.491. The number of halogens is 1. The van der Waals surface area contributed by atoms with Crippen LogP contribution in [0, 0.1) is 5.82 Å². The minimum absolute atomic E-state index is 0.121. The smallest absolute Gasteiger partial charge is 0.215 e. The van der Waals surface area contributed by atoms with E-state index in [0.29, 0.717) is 5.56 Å². The Bertz CT molecular complexity index is 372. The third-order valence-electron chi connectivity index (χ3n) is 1.58. The molecule has 13 heavy (non-hydrogen) atoms. The van der Waals surface area contributed by atoms with Crippen LogP contribution in [-0.2, 0) is 15.8 Å². The fourth-order valence-electron chi connectivity index (χ4n) is 0.872. The van der Waals surface area contributed by atoms with Gasteiger partial charge in [-0.2, -0.15) is 0 Å². The number of hydrogen-bond donors (Lipinski definition) is 1. The Morgan fingerprint density at radius 3 is 2.31 bits per heavy atom. The first kappa shape index (κ1) is 10.1. The predicted octanol–water partition coefficient (Wildman–Crippen LogP) is 0.875. The Labute approximate surface area is 76.6 Å². The highest BCUT2D eigenvalue weighted by Crippen LogP contribution is 2.05. The summed E-state index contributed by atoms with van der Waals surface area (Å²) < 4.78 is 36.7. The van der Waals surface area contributed by atoms with Crippen molar-refractivity contribution < 1.29 is 12.8 Å². The Morgan fingerprint density at radius 2 is 1.85 bits per heavy atom. The first-order chi connectivity index (χ1) is 6.03. The van der Waals surface area contributed by atoms with E-state index in [1.807, 2.05) is 0 Å². The Hall–Kier alpha value is -0.940.